The molecule has 0 N–H and O–H groups in total. The Morgan fingerprint density at radius 3 is 2.44 bits per heavy atom. The first-order chi connectivity index (χ1) is 17.4. The van der Waals surface area contributed by atoms with Crippen molar-refractivity contribution >= 4 is 23.5 Å². The Morgan fingerprint density at radius 1 is 1.08 bits per heavy atom. The third-order valence-corrected chi connectivity index (χ3v) is 7.29. The van der Waals surface area contributed by atoms with Crippen LogP contribution in [0.3, 0.4) is 0 Å². The van der Waals surface area contributed by atoms with Crippen LogP contribution in [-0.2, 0) is 25.5 Å². The molecule has 1 heterocycles. The van der Waals surface area contributed by atoms with Crippen molar-refractivity contribution in [2.45, 2.75) is 64.9 Å². The van der Waals surface area contributed by atoms with E-state index in [2.05, 4.69) is 17.3 Å². The van der Waals surface area contributed by atoms with E-state index < -0.39 is 6.10 Å². The van der Waals surface area contributed by atoms with E-state index in [1.54, 1.807) is 13.0 Å². The Labute approximate surface area is 216 Å². The molecule has 0 amide bonds. The lowest BCUT2D eigenvalue weighted by Gasteiger charge is -2.27. The van der Waals surface area contributed by atoms with Gasteiger partial charge in [-0.05, 0) is 64.0 Å². The highest BCUT2D eigenvalue weighted by Crippen LogP contribution is 2.37. The number of rotatable bonds is 8. The fraction of sp³-hybridized carbons (Fsp3) is 0.414. The second kappa shape index (κ2) is 11.7. The van der Waals surface area contributed by atoms with Crippen LogP contribution in [0.25, 0.3) is 11.3 Å². The quantitative estimate of drug-likeness (QED) is 0.304. The van der Waals surface area contributed by atoms with Gasteiger partial charge in [-0.2, -0.15) is 0 Å². The van der Waals surface area contributed by atoms with Crippen molar-refractivity contribution in [1.82, 2.24) is 5.16 Å². The Bertz CT molecular complexity index is 1190. The van der Waals surface area contributed by atoms with Crippen molar-refractivity contribution in [2.24, 2.45) is 5.92 Å². The molecular formula is C29H32ClNO5. The molecule has 0 spiro atoms. The smallest absolute Gasteiger partial charge is 0.311 e. The molecule has 0 bridgehead atoms. The van der Waals surface area contributed by atoms with Gasteiger partial charge in [0, 0.05) is 21.7 Å². The summed E-state index contributed by atoms with van der Waals surface area (Å²) in [4.78, 5) is 24.8. The molecule has 1 saturated carbocycles. The summed E-state index contributed by atoms with van der Waals surface area (Å²) < 4.78 is 16.4. The molecule has 0 saturated heterocycles. The number of aromatic nitrogens is 1. The minimum Gasteiger partial charge on any atom is -0.466 e. The number of nitrogens with zero attached hydrogens (tertiary/aromatic N) is 1. The number of hydrogen-bond donors (Lipinski definition) is 0. The summed E-state index contributed by atoms with van der Waals surface area (Å²) >= 11 is 6.24. The second-order valence-corrected chi connectivity index (χ2v) is 9.74. The zero-order valence-electron chi connectivity index (χ0n) is 21.0. The number of carbonyl (C=O) groups is 2. The van der Waals surface area contributed by atoms with Crippen molar-refractivity contribution < 1.29 is 23.6 Å². The number of carbonyl (C=O) groups excluding carboxylic acids is 2. The Hall–Kier alpha value is -3.12. The van der Waals surface area contributed by atoms with Crippen molar-refractivity contribution in [3.63, 3.8) is 0 Å². The van der Waals surface area contributed by atoms with Gasteiger partial charge in [-0.1, -0.05) is 59.2 Å². The van der Waals surface area contributed by atoms with E-state index >= 15 is 0 Å². The van der Waals surface area contributed by atoms with Crippen LogP contribution in [-0.4, -0.2) is 23.7 Å². The van der Waals surface area contributed by atoms with E-state index in [1.807, 2.05) is 44.2 Å². The molecule has 36 heavy (non-hydrogen) atoms. The average molecular weight is 510 g/mol. The van der Waals surface area contributed by atoms with Crippen LogP contribution in [0.15, 0.2) is 53.1 Å². The van der Waals surface area contributed by atoms with Crippen LogP contribution in [0.5, 0.6) is 0 Å². The van der Waals surface area contributed by atoms with Crippen LogP contribution < -0.4 is 0 Å². The van der Waals surface area contributed by atoms with Gasteiger partial charge in [-0.3, -0.25) is 9.59 Å². The van der Waals surface area contributed by atoms with Gasteiger partial charge in [0.2, 0.25) is 0 Å². The number of benzene rings is 2. The Balaban J connectivity index is 1.40. The molecule has 1 aromatic heterocycles. The van der Waals surface area contributed by atoms with Crippen LogP contribution in [0, 0.1) is 12.8 Å². The summed E-state index contributed by atoms with van der Waals surface area (Å²) in [6, 6.07) is 15.5. The van der Waals surface area contributed by atoms with Gasteiger partial charge in [0.1, 0.15) is 6.10 Å². The van der Waals surface area contributed by atoms with Gasteiger partial charge in [-0.15, -0.1) is 0 Å². The minimum absolute atomic E-state index is 0.0144. The summed E-state index contributed by atoms with van der Waals surface area (Å²) in [7, 11) is 0. The van der Waals surface area contributed by atoms with Crippen LogP contribution in [0.1, 0.15) is 73.9 Å². The lowest BCUT2D eigenvalue weighted by Crippen LogP contribution is -2.23. The van der Waals surface area contributed by atoms with Crippen molar-refractivity contribution in [2.75, 3.05) is 6.61 Å². The molecule has 2 aromatic carbocycles. The van der Waals surface area contributed by atoms with E-state index in [9.17, 15) is 9.59 Å². The number of hydrogen-bond acceptors (Lipinski definition) is 6. The molecule has 7 heteroatoms. The summed E-state index contributed by atoms with van der Waals surface area (Å²) in [6.45, 7) is 5.90. The van der Waals surface area contributed by atoms with Crippen molar-refractivity contribution in [1.29, 1.82) is 0 Å². The molecule has 0 aliphatic heterocycles. The SMILES string of the molecule is CCOC(=O)C1CCC(c2ccc(-c3onc(C)c3CC(=O)OC(C)c3ccccc3Cl)cc2)CC1. The maximum atomic E-state index is 12.7. The Kier molecular flexibility index (Phi) is 8.47. The highest BCUT2D eigenvalue weighted by molar-refractivity contribution is 6.31. The molecule has 6 nitrogen and oxygen atoms in total. The van der Waals surface area contributed by atoms with Gasteiger partial charge < -0.3 is 14.0 Å². The van der Waals surface area contributed by atoms with Gasteiger partial charge >= 0.3 is 11.9 Å². The summed E-state index contributed by atoms with van der Waals surface area (Å²) in [5, 5.41) is 4.67. The largest absolute Gasteiger partial charge is 0.466 e. The fourth-order valence-corrected chi connectivity index (χ4v) is 5.19. The molecule has 1 aliphatic carbocycles. The lowest BCUT2D eigenvalue weighted by molar-refractivity contribution is -0.149. The van der Waals surface area contributed by atoms with Crippen LogP contribution >= 0.6 is 11.6 Å². The highest BCUT2D eigenvalue weighted by atomic mass is 35.5. The summed E-state index contributed by atoms with van der Waals surface area (Å²) in [6.07, 6.45) is 3.22. The topological polar surface area (TPSA) is 78.6 Å². The number of halogens is 1. The molecule has 190 valence electrons. The van der Waals surface area contributed by atoms with E-state index in [4.69, 9.17) is 25.6 Å². The monoisotopic (exact) mass is 509 g/mol. The fourth-order valence-electron chi connectivity index (χ4n) is 4.90. The number of esters is 2. The first-order valence-corrected chi connectivity index (χ1v) is 12.9. The molecule has 0 radical (unpaired) electrons. The normalized spacial score (nSPS) is 18.4. The molecule has 1 fully saturated rings. The second-order valence-electron chi connectivity index (χ2n) is 9.33. The highest BCUT2D eigenvalue weighted by Gasteiger charge is 2.28. The zero-order valence-corrected chi connectivity index (χ0v) is 21.7. The molecular weight excluding hydrogens is 478 g/mol. The first kappa shape index (κ1) is 26.0. The summed E-state index contributed by atoms with van der Waals surface area (Å²) in [5.41, 5.74) is 4.25. The number of ether oxygens (including phenoxy) is 2. The van der Waals surface area contributed by atoms with Gasteiger partial charge in [0.25, 0.3) is 0 Å². The minimum atomic E-state index is -0.465. The van der Waals surface area contributed by atoms with Crippen LogP contribution in [0.2, 0.25) is 5.02 Å². The maximum absolute atomic E-state index is 12.7. The zero-order chi connectivity index (χ0) is 25.7. The van der Waals surface area contributed by atoms with Crippen molar-refractivity contribution in [3.8, 4) is 11.3 Å². The van der Waals surface area contributed by atoms with Gasteiger partial charge in [-0.25, -0.2) is 0 Å². The third kappa shape index (κ3) is 5.98. The van der Waals surface area contributed by atoms with E-state index in [-0.39, 0.29) is 24.3 Å². The average Bonchev–Trinajstić information content (AvgIpc) is 3.24. The van der Waals surface area contributed by atoms with Crippen molar-refractivity contribution in [3.05, 3.63) is 75.9 Å². The first-order valence-electron chi connectivity index (χ1n) is 12.5. The maximum Gasteiger partial charge on any atom is 0.311 e. The molecule has 3 aromatic rings. The summed E-state index contributed by atoms with van der Waals surface area (Å²) in [5.74, 6) is 0.569. The van der Waals surface area contributed by atoms with E-state index in [1.165, 1.54) is 5.56 Å². The molecule has 4 rings (SSSR count). The van der Waals surface area contributed by atoms with E-state index in [0.29, 0.717) is 34.6 Å². The predicted molar refractivity (Wildman–Crippen MR) is 138 cm³/mol. The number of aryl methyl sites for hydroxylation is 1. The van der Waals surface area contributed by atoms with Gasteiger partial charge in [0.15, 0.2) is 5.76 Å². The van der Waals surface area contributed by atoms with Crippen LogP contribution in [0.4, 0.5) is 0 Å². The third-order valence-electron chi connectivity index (χ3n) is 6.95. The lowest BCUT2D eigenvalue weighted by atomic mass is 9.78. The molecule has 1 atom stereocenters. The van der Waals surface area contributed by atoms with E-state index in [0.717, 1.165) is 36.8 Å². The molecule has 1 aliphatic rings. The predicted octanol–water partition coefficient (Wildman–Crippen LogP) is 6.99. The molecule has 1 unspecified atom stereocenters. The van der Waals surface area contributed by atoms with Gasteiger partial charge in [0.05, 0.1) is 24.6 Å². The standard InChI is InChI=1S/C29H32ClNO5/c1-4-34-29(33)23-15-11-21(12-16-23)20-9-13-22(14-10-20)28-25(18(2)31-36-28)17-27(32)35-19(3)24-7-5-6-8-26(24)30/h5-10,13-14,19,21,23H,4,11-12,15-17H2,1-3H3. The Morgan fingerprint density at radius 2 is 1.78 bits per heavy atom.